The molecule has 3 amide bonds. The third-order valence-corrected chi connectivity index (χ3v) is 7.17. The minimum Gasteiger partial charge on any atom is -0.459 e. The number of hydrogen-bond acceptors (Lipinski definition) is 8. The summed E-state index contributed by atoms with van der Waals surface area (Å²) in [6.07, 6.45) is 0.415. The topological polar surface area (TPSA) is 144 Å². The Balaban J connectivity index is 1.27. The van der Waals surface area contributed by atoms with Crippen molar-refractivity contribution in [2.75, 3.05) is 31.9 Å². The molecule has 0 spiro atoms. The third-order valence-electron chi connectivity index (χ3n) is 7.17. The number of amides is 3. The molecule has 1 aliphatic rings. The highest BCUT2D eigenvalue weighted by Gasteiger charge is 2.35. The average Bonchev–Trinajstić information content (AvgIpc) is 3.44. The number of carbonyl (C=O) groups is 3. The highest BCUT2D eigenvalue weighted by molar-refractivity contribution is 5.95. The minimum absolute atomic E-state index is 0.124. The smallest absolute Gasteiger partial charge is 0.420 e. The zero-order valence-electron chi connectivity index (χ0n) is 25.9. The SMILES string of the molecule is CC(C)(C)OC(=O)N1CCN(C(=O)c2ccc(-c3cc(C(F)(F)F)c4oc(CNC(=O)C=Cc5ccc(N)nc5)cc4c3)nc2)CC1. The van der Waals surface area contributed by atoms with Gasteiger partial charge in [0.2, 0.25) is 5.91 Å². The number of rotatable bonds is 6. The Hall–Kier alpha value is -5.40. The predicted molar refractivity (Wildman–Crippen MR) is 168 cm³/mol. The van der Waals surface area contributed by atoms with Crippen LogP contribution >= 0.6 is 0 Å². The summed E-state index contributed by atoms with van der Waals surface area (Å²) >= 11 is 0. The van der Waals surface area contributed by atoms with E-state index in [0.29, 0.717) is 37.6 Å². The van der Waals surface area contributed by atoms with E-state index in [1.807, 2.05) is 0 Å². The molecule has 47 heavy (non-hydrogen) atoms. The summed E-state index contributed by atoms with van der Waals surface area (Å²) in [7, 11) is 0. The Morgan fingerprint density at radius 3 is 2.32 bits per heavy atom. The van der Waals surface area contributed by atoms with Crippen LogP contribution in [-0.2, 0) is 22.3 Å². The number of ether oxygens (including phenoxy) is 1. The lowest BCUT2D eigenvalue weighted by molar-refractivity contribution is -0.136. The molecule has 4 aromatic rings. The summed E-state index contributed by atoms with van der Waals surface area (Å²) < 4.78 is 53.2. The average molecular weight is 651 g/mol. The summed E-state index contributed by atoms with van der Waals surface area (Å²) in [4.78, 5) is 49.1. The number of piperazine rings is 1. The lowest BCUT2D eigenvalue weighted by Crippen LogP contribution is -2.51. The summed E-state index contributed by atoms with van der Waals surface area (Å²) in [5.41, 5.74) is 4.85. The maximum Gasteiger partial charge on any atom is 0.420 e. The number of nitrogens with one attached hydrogen (secondary N) is 1. The number of furan rings is 1. The van der Waals surface area contributed by atoms with Crippen molar-refractivity contribution in [2.24, 2.45) is 0 Å². The van der Waals surface area contributed by atoms with E-state index < -0.39 is 29.3 Å². The van der Waals surface area contributed by atoms with Crippen LogP contribution in [0.1, 0.15) is 48.0 Å². The Labute approximate surface area is 268 Å². The van der Waals surface area contributed by atoms with Crippen molar-refractivity contribution in [2.45, 2.75) is 39.1 Å². The first-order valence-electron chi connectivity index (χ1n) is 14.7. The number of anilines is 1. The minimum atomic E-state index is -4.74. The molecule has 3 N–H and O–H groups in total. The van der Waals surface area contributed by atoms with Crippen LogP contribution in [0.3, 0.4) is 0 Å². The molecule has 11 nitrogen and oxygen atoms in total. The number of benzene rings is 1. The van der Waals surface area contributed by atoms with Gasteiger partial charge in [0.25, 0.3) is 5.91 Å². The van der Waals surface area contributed by atoms with Crippen LogP contribution in [-0.4, -0.2) is 69.5 Å². The predicted octanol–water partition coefficient (Wildman–Crippen LogP) is 5.51. The normalized spacial score (nSPS) is 14.1. The monoisotopic (exact) mass is 650 g/mol. The van der Waals surface area contributed by atoms with Gasteiger partial charge in [-0.25, -0.2) is 9.78 Å². The molecule has 1 saturated heterocycles. The first kappa shape index (κ1) is 33.0. The van der Waals surface area contributed by atoms with E-state index in [-0.39, 0.29) is 46.0 Å². The molecule has 0 atom stereocenters. The standard InChI is InChI=1S/C33H33F3N6O5/c1-32(2,3)47-31(45)42-12-10-41(11-13-42)30(44)21-6-7-26(38-18-21)22-14-23-15-24(46-29(23)25(16-22)33(34,35)36)19-40-28(43)9-5-20-4-8-27(37)39-17-20/h4-9,14-18H,10-13,19H2,1-3H3,(H2,37,39)(H,40,43). The molecule has 1 aromatic carbocycles. The second-order valence-electron chi connectivity index (χ2n) is 11.9. The second-order valence-corrected chi connectivity index (χ2v) is 11.9. The van der Waals surface area contributed by atoms with Crippen molar-refractivity contribution in [1.29, 1.82) is 0 Å². The number of nitrogen functional groups attached to an aromatic ring is 1. The summed E-state index contributed by atoms with van der Waals surface area (Å²) in [6.45, 7) is 6.40. The van der Waals surface area contributed by atoms with Crippen LogP contribution in [0.2, 0.25) is 0 Å². The van der Waals surface area contributed by atoms with Gasteiger partial charge in [-0.15, -0.1) is 0 Å². The Morgan fingerprint density at radius 2 is 1.70 bits per heavy atom. The van der Waals surface area contributed by atoms with Crippen LogP contribution in [0.5, 0.6) is 0 Å². The molecule has 4 heterocycles. The highest BCUT2D eigenvalue weighted by atomic mass is 19.4. The molecule has 0 bridgehead atoms. The first-order chi connectivity index (χ1) is 22.2. The molecular weight excluding hydrogens is 617 g/mol. The van der Waals surface area contributed by atoms with E-state index in [9.17, 15) is 27.6 Å². The van der Waals surface area contributed by atoms with Gasteiger partial charge in [0.15, 0.2) is 0 Å². The Bertz CT molecular complexity index is 1800. The molecular formula is C33H33F3N6O5. The van der Waals surface area contributed by atoms with Gasteiger partial charge in [0, 0.05) is 55.6 Å². The van der Waals surface area contributed by atoms with Gasteiger partial charge in [0.05, 0.1) is 23.4 Å². The largest absolute Gasteiger partial charge is 0.459 e. The van der Waals surface area contributed by atoms with Crippen molar-refractivity contribution in [3.63, 3.8) is 0 Å². The number of pyridine rings is 2. The fourth-order valence-corrected chi connectivity index (χ4v) is 4.86. The molecule has 0 unspecified atom stereocenters. The van der Waals surface area contributed by atoms with E-state index in [1.54, 1.807) is 37.8 Å². The number of carbonyl (C=O) groups excluding carboxylic acids is 3. The molecule has 14 heteroatoms. The maximum absolute atomic E-state index is 14.1. The van der Waals surface area contributed by atoms with Gasteiger partial charge in [-0.3, -0.25) is 14.6 Å². The Morgan fingerprint density at radius 1 is 0.979 bits per heavy atom. The zero-order valence-corrected chi connectivity index (χ0v) is 25.9. The molecule has 246 valence electrons. The lowest BCUT2D eigenvalue weighted by atomic mass is 10.0. The van der Waals surface area contributed by atoms with Gasteiger partial charge in [-0.2, -0.15) is 13.2 Å². The fraction of sp³-hybridized carbons (Fsp3) is 0.303. The highest BCUT2D eigenvalue weighted by Crippen LogP contribution is 2.39. The summed E-state index contributed by atoms with van der Waals surface area (Å²) in [5.74, 6) is -0.327. The van der Waals surface area contributed by atoms with Crippen molar-refractivity contribution >= 4 is 40.8 Å². The number of nitrogens with zero attached hydrogens (tertiary/aromatic N) is 4. The number of aromatic nitrogens is 2. The van der Waals surface area contributed by atoms with Crippen molar-refractivity contribution < 1.29 is 36.7 Å². The van der Waals surface area contributed by atoms with Gasteiger partial charge in [0.1, 0.15) is 22.8 Å². The number of alkyl halides is 3. The van der Waals surface area contributed by atoms with Gasteiger partial charge in [-0.05, 0) is 74.9 Å². The van der Waals surface area contributed by atoms with Crippen LogP contribution in [0, 0.1) is 0 Å². The first-order valence-corrected chi connectivity index (χ1v) is 14.7. The van der Waals surface area contributed by atoms with E-state index in [2.05, 4.69) is 15.3 Å². The second kappa shape index (κ2) is 13.1. The zero-order chi connectivity index (χ0) is 33.9. The molecule has 5 rings (SSSR count). The summed E-state index contributed by atoms with van der Waals surface area (Å²) in [6, 6.07) is 10.1. The van der Waals surface area contributed by atoms with Gasteiger partial charge in [-0.1, -0.05) is 0 Å². The fourth-order valence-electron chi connectivity index (χ4n) is 4.86. The lowest BCUT2D eigenvalue weighted by Gasteiger charge is -2.35. The quantitative estimate of drug-likeness (QED) is 0.260. The maximum atomic E-state index is 14.1. The van der Waals surface area contributed by atoms with Gasteiger partial charge < -0.3 is 30.0 Å². The van der Waals surface area contributed by atoms with Crippen LogP contribution < -0.4 is 11.1 Å². The van der Waals surface area contributed by atoms with Crippen LogP contribution in [0.25, 0.3) is 28.3 Å². The molecule has 0 radical (unpaired) electrons. The molecule has 1 fully saturated rings. The van der Waals surface area contributed by atoms with Crippen molar-refractivity contribution in [3.05, 3.63) is 83.4 Å². The molecule has 3 aromatic heterocycles. The van der Waals surface area contributed by atoms with Crippen LogP contribution in [0.4, 0.5) is 23.8 Å². The number of hydrogen-bond donors (Lipinski definition) is 2. The van der Waals surface area contributed by atoms with Gasteiger partial charge >= 0.3 is 12.3 Å². The van der Waals surface area contributed by atoms with Crippen molar-refractivity contribution in [1.82, 2.24) is 25.1 Å². The van der Waals surface area contributed by atoms with E-state index in [4.69, 9.17) is 14.9 Å². The van der Waals surface area contributed by atoms with E-state index in [1.165, 1.54) is 53.7 Å². The molecule has 0 saturated carbocycles. The van der Waals surface area contributed by atoms with Crippen LogP contribution in [0.15, 0.2) is 65.4 Å². The Kier molecular flexibility index (Phi) is 9.22. The third kappa shape index (κ3) is 8.26. The number of halogens is 3. The molecule has 1 aliphatic heterocycles. The van der Waals surface area contributed by atoms with Crippen molar-refractivity contribution in [3.8, 4) is 11.3 Å². The summed E-state index contributed by atoms with van der Waals surface area (Å²) in [5, 5.41) is 2.76. The molecule has 0 aliphatic carbocycles. The number of fused-ring (bicyclic) bond motifs is 1. The number of nitrogens with two attached hydrogens (primary N) is 1. The van der Waals surface area contributed by atoms with E-state index >= 15 is 0 Å². The van der Waals surface area contributed by atoms with E-state index in [0.717, 1.165) is 6.07 Å².